The lowest BCUT2D eigenvalue weighted by molar-refractivity contribution is -0.0835. The predicted molar refractivity (Wildman–Crippen MR) is 81.5 cm³/mol. The van der Waals surface area contributed by atoms with Gasteiger partial charge < -0.3 is 15.4 Å². The zero-order chi connectivity index (χ0) is 14.3. The molecule has 0 spiro atoms. The Hall–Kier alpha value is -1.03. The third-order valence-corrected chi connectivity index (χ3v) is 3.47. The smallest absolute Gasteiger partial charge is 0.191 e. The van der Waals surface area contributed by atoms with E-state index in [4.69, 9.17) is 4.74 Å². The van der Waals surface area contributed by atoms with Crippen LogP contribution in [0.25, 0.3) is 0 Å². The number of guanidine groups is 1. The Kier molecular flexibility index (Phi) is 6.35. The lowest BCUT2D eigenvalue weighted by atomic mass is 9.78. The van der Waals surface area contributed by atoms with Gasteiger partial charge in [0.2, 0.25) is 0 Å². The Morgan fingerprint density at radius 1 is 1.42 bits per heavy atom. The Labute approximate surface area is 117 Å². The minimum atomic E-state index is 0.185. The van der Waals surface area contributed by atoms with Crippen molar-refractivity contribution in [3.05, 3.63) is 12.7 Å². The largest absolute Gasteiger partial charge is 0.377 e. The average molecular weight is 267 g/mol. The first-order chi connectivity index (χ1) is 8.99. The second-order valence-electron chi connectivity index (χ2n) is 6.18. The van der Waals surface area contributed by atoms with Gasteiger partial charge in [-0.05, 0) is 18.3 Å². The summed E-state index contributed by atoms with van der Waals surface area (Å²) in [7, 11) is 1.79. The molecule has 1 rings (SSSR count). The molecule has 0 bridgehead atoms. The highest BCUT2D eigenvalue weighted by Gasteiger charge is 2.35. The molecule has 19 heavy (non-hydrogen) atoms. The van der Waals surface area contributed by atoms with Gasteiger partial charge in [0.15, 0.2) is 5.96 Å². The highest BCUT2D eigenvalue weighted by Crippen LogP contribution is 2.33. The highest BCUT2D eigenvalue weighted by molar-refractivity contribution is 5.79. The molecule has 0 aromatic heterocycles. The summed E-state index contributed by atoms with van der Waals surface area (Å²) in [4.78, 5) is 4.20. The van der Waals surface area contributed by atoms with Gasteiger partial charge >= 0.3 is 0 Å². The van der Waals surface area contributed by atoms with E-state index in [9.17, 15) is 0 Å². The summed E-state index contributed by atoms with van der Waals surface area (Å²) in [5, 5.41) is 6.58. The first-order valence-electron chi connectivity index (χ1n) is 7.16. The van der Waals surface area contributed by atoms with Gasteiger partial charge in [-0.25, -0.2) is 0 Å². The van der Waals surface area contributed by atoms with Crippen LogP contribution in [0.4, 0.5) is 0 Å². The number of nitrogens with one attached hydrogen (secondary N) is 2. The third-order valence-electron chi connectivity index (χ3n) is 3.47. The molecule has 2 N–H and O–H groups in total. The van der Waals surface area contributed by atoms with Gasteiger partial charge in [-0.1, -0.05) is 26.8 Å². The van der Waals surface area contributed by atoms with Crippen LogP contribution in [0.15, 0.2) is 17.6 Å². The maximum Gasteiger partial charge on any atom is 0.191 e. The Balaban J connectivity index is 2.51. The summed E-state index contributed by atoms with van der Waals surface area (Å²) in [6.07, 6.45) is 4.51. The van der Waals surface area contributed by atoms with Crippen LogP contribution in [0.5, 0.6) is 0 Å². The summed E-state index contributed by atoms with van der Waals surface area (Å²) in [6.45, 7) is 13.0. The minimum Gasteiger partial charge on any atom is -0.377 e. The van der Waals surface area contributed by atoms with Crippen LogP contribution in [0.3, 0.4) is 0 Å². The summed E-state index contributed by atoms with van der Waals surface area (Å²) in [6, 6.07) is 0. The molecule has 0 radical (unpaired) electrons. The van der Waals surface area contributed by atoms with Gasteiger partial charge in [0, 0.05) is 32.7 Å². The van der Waals surface area contributed by atoms with Crippen LogP contribution < -0.4 is 10.6 Å². The Morgan fingerprint density at radius 2 is 2.16 bits per heavy atom. The van der Waals surface area contributed by atoms with Gasteiger partial charge in [-0.2, -0.15) is 0 Å². The number of aliphatic imine (C=N–C) groups is 1. The minimum absolute atomic E-state index is 0.185. The van der Waals surface area contributed by atoms with E-state index in [2.05, 4.69) is 43.0 Å². The molecule has 0 aliphatic carbocycles. The monoisotopic (exact) mass is 267 g/mol. The molecular formula is C15H29N3O. The maximum atomic E-state index is 5.99. The number of nitrogens with zero attached hydrogens (tertiary/aromatic N) is 1. The normalized spacial score (nSPS) is 24.9. The fourth-order valence-corrected chi connectivity index (χ4v) is 2.63. The van der Waals surface area contributed by atoms with E-state index in [1.54, 1.807) is 7.05 Å². The maximum absolute atomic E-state index is 5.99. The van der Waals surface area contributed by atoms with Crippen LogP contribution in [0.1, 0.15) is 33.6 Å². The quantitative estimate of drug-likeness (QED) is 0.466. The van der Waals surface area contributed by atoms with E-state index in [-0.39, 0.29) is 5.41 Å². The van der Waals surface area contributed by atoms with Crippen molar-refractivity contribution in [1.29, 1.82) is 0 Å². The van der Waals surface area contributed by atoms with Gasteiger partial charge in [-0.3, -0.25) is 4.99 Å². The lowest BCUT2D eigenvalue weighted by Crippen LogP contribution is -2.47. The Bertz CT molecular complexity index is 307. The molecule has 1 aliphatic heterocycles. The van der Waals surface area contributed by atoms with Gasteiger partial charge in [0.05, 0.1) is 6.10 Å². The molecule has 0 amide bonds. The van der Waals surface area contributed by atoms with Gasteiger partial charge in [0.1, 0.15) is 0 Å². The van der Waals surface area contributed by atoms with Crippen LogP contribution >= 0.6 is 0 Å². The van der Waals surface area contributed by atoms with Crippen LogP contribution in [-0.4, -0.2) is 38.8 Å². The number of hydrogen-bond donors (Lipinski definition) is 2. The van der Waals surface area contributed by atoms with Crippen LogP contribution in [0, 0.1) is 11.3 Å². The molecule has 2 unspecified atom stereocenters. The molecule has 4 heteroatoms. The van der Waals surface area contributed by atoms with Crippen molar-refractivity contribution in [3.8, 4) is 0 Å². The average Bonchev–Trinajstić information content (AvgIpc) is 2.38. The van der Waals surface area contributed by atoms with E-state index < -0.39 is 0 Å². The predicted octanol–water partition coefficient (Wildman–Crippen LogP) is 2.18. The number of rotatable bonds is 4. The van der Waals surface area contributed by atoms with E-state index in [0.717, 1.165) is 32.1 Å². The number of ether oxygens (including phenoxy) is 1. The number of hydrogen-bond acceptors (Lipinski definition) is 2. The van der Waals surface area contributed by atoms with Crippen molar-refractivity contribution in [2.45, 2.75) is 39.7 Å². The van der Waals surface area contributed by atoms with E-state index in [1.165, 1.54) is 6.42 Å². The van der Waals surface area contributed by atoms with Gasteiger partial charge in [-0.15, -0.1) is 6.58 Å². The second kappa shape index (κ2) is 7.53. The fraction of sp³-hybridized carbons (Fsp3) is 0.800. The highest BCUT2D eigenvalue weighted by atomic mass is 16.5. The molecule has 110 valence electrons. The first-order valence-corrected chi connectivity index (χ1v) is 7.16. The van der Waals surface area contributed by atoms with Crippen LogP contribution in [-0.2, 0) is 4.74 Å². The van der Waals surface area contributed by atoms with Crippen molar-refractivity contribution < 1.29 is 4.74 Å². The molecule has 2 atom stereocenters. The van der Waals surface area contributed by atoms with Crippen molar-refractivity contribution in [2.75, 3.05) is 26.7 Å². The summed E-state index contributed by atoms with van der Waals surface area (Å²) >= 11 is 0. The first kappa shape index (κ1) is 16.0. The summed E-state index contributed by atoms with van der Waals surface area (Å²) in [5.41, 5.74) is 0.185. The van der Waals surface area contributed by atoms with Gasteiger partial charge in [0.25, 0.3) is 0 Å². The van der Waals surface area contributed by atoms with E-state index in [1.807, 2.05) is 6.08 Å². The zero-order valence-electron chi connectivity index (χ0n) is 12.8. The van der Waals surface area contributed by atoms with Crippen molar-refractivity contribution >= 4 is 5.96 Å². The SMILES string of the molecule is C=CCNC(=NC)NCC1CCCOC1C(C)(C)C. The molecule has 4 nitrogen and oxygen atoms in total. The Morgan fingerprint density at radius 3 is 2.74 bits per heavy atom. The van der Waals surface area contributed by atoms with Crippen LogP contribution in [0.2, 0.25) is 0 Å². The molecule has 1 fully saturated rings. The fourth-order valence-electron chi connectivity index (χ4n) is 2.63. The molecule has 0 saturated carbocycles. The van der Waals surface area contributed by atoms with Crippen molar-refractivity contribution in [3.63, 3.8) is 0 Å². The molecule has 0 aromatic carbocycles. The van der Waals surface area contributed by atoms with E-state index in [0.29, 0.717) is 12.0 Å². The third kappa shape index (κ3) is 5.23. The molecule has 0 aromatic rings. The van der Waals surface area contributed by atoms with Crippen molar-refractivity contribution in [2.24, 2.45) is 16.3 Å². The summed E-state index contributed by atoms with van der Waals surface area (Å²) in [5.74, 6) is 1.37. The zero-order valence-corrected chi connectivity index (χ0v) is 12.8. The van der Waals surface area contributed by atoms with Crippen molar-refractivity contribution in [1.82, 2.24) is 10.6 Å². The van der Waals surface area contributed by atoms with E-state index >= 15 is 0 Å². The summed E-state index contributed by atoms with van der Waals surface area (Å²) < 4.78 is 5.99. The molecule has 1 heterocycles. The molecule has 1 saturated heterocycles. The lowest BCUT2D eigenvalue weighted by Gasteiger charge is -2.40. The molecular weight excluding hydrogens is 238 g/mol. The standard InChI is InChI=1S/C15H29N3O/c1-6-9-17-14(16-5)18-11-12-8-7-10-19-13(12)15(2,3)4/h6,12-13H,1,7-11H2,2-5H3,(H2,16,17,18). The second-order valence-corrected chi connectivity index (χ2v) is 6.18. The topological polar surface area (TPSA) is 45.7 Å². The molecule has 1 aliphatic rings.